The zero-order chi connectivity index (χ0) is 13.0. The first-order chi connectivity index (χ1) is 8.68. The van der Waals surface area contributed by atoms with Crippen molar-refractivity contribution in [3.63, 3.8) is 0 Å². The fourth-order valence-electron chi connectivity index (χ4n) is 1.95. The van der Waals surface area contributed by atoms with Crippen molar-refractivity contribution in [1.29, 1.82) is 0 Å². The Morgan fingerprint density at radius 3 is 2.61 bits per heavy atom. The summed E-state index contributed by atoms with van der Waals surface area (Å²) in [6.07, 6.45) is 1.61. The standard InChI is InChI=1S/C12H14F2N2O2/c13-16(14)12(17)10-3-1-2-4-11(10)15-9-5-7-18-8-6-9/h1-4,9,15H,5-8H2. The zero-order valence-electron chi connectivity index (χ0n) is 9.73. The van der Waals surface area contributed by atoms with Gasteiger partial charge in [-0.1, -0.05) is 21.1 Å². The highest BCUT2D eigenvalue weighted by Gasteiger charge is 2.21. The van der Waals surface area contributed by atoms with Gasteiger partial charge in [0.15, 0.2) is 0 Å². The molecule has 0 saturated carbocycles. The Balaban J connectivity index is 2.14. The molecule has 4 nitrogen and oxygen atoms in total. The highest BCUT2D eigenvalue weighted by atomic mass is 19.4. The van der Waals surface area contributed by atoms with E-state index in [0.717, 1.165) is 12.8 Å². The molecule has 1 aromatic carbocycles. The van der Waals surface area contributed by atoms with E-state index >= 15 is 0 Å². The van der Waals surface area contributed by atoms with Crippen molar-refractivity contribution in [3.05, 3.63) is 29.8 Å². The van der Waals surface area contributed by atoms with E-state index in [0.29, 0.717) is 18.9 Å². The molecule has 0 aliphatic carbocycles. The average Bonchev–Trinajstić information content (AvgIpc) is 2.39. The average molecular weight is 256 g/mol. The van der Waals surface area contributed by atoms with Crippen molar-refractivity contribution in [2.24, 2.45) is 0 Å². The summed E-state index contributed by atoms with van der Waals surface area (Å²) in [6.45, 7) is 1.29. The zero-order valence-corrected chi connectivity index (χ0v) is 9.73. The molecule has 0 radical (unpaired) electrons. The second kappa shape index (κ2) is 5.77. The van der Waals surface area contributed by atoms with Crippen molar-refractivity contribution < 1.29 is 18.5 Å². The van der Waals surface area contributed by atoms with Gasteiger partial charge in [0, 0.05) is 30.3 Å². The molecule has 1 amide bonds. The van der Waals surface area contributed by atoms with Crippen LogP contribution in [0.15, 0.2) is 24.3 Å². The van der Waals surface area contributed by atoms with E-state index in [1.165, 1.54) is 6.07 Å². The van der Waals surface area contributed by atoms with Crippen molar-refractivity contribution in [1.82, 2.24) is 5.34 Å². The van der Waals surface area contributed by atoms with Gasteiger partial charge in [-0.3, -0.25) is 4.79 Å². The smallest absolute Gasteiger partial charge is 0.316 e. The first-order valence-electron chi connectivity index (χ1n) is 5.78. The third-order valence-electron chi connectivity index (χ3n) is 2.89. The van der Waals surface area contributed by atoms with Crippen molar-refractivity contribution in [2.75, 3.05) is 18.5 Å². The van der Waals surface area contributed by atoms with Crippen LogP contribution in [0.4, 0.5) is 14.6 Å². The van der Waals surface area contributed by atoms with Crippen LogP contribution in [0.25, 0.3) is 0 Å². The van der Waals surface area contributed by atoms with Crippen LogP contribution in [0.5, 0.6) is 0 Å². The van der Waals surface area contributed by atoms with E-state index < -0.39 is 11.3 Å². The lowest BCUT2D eigenvalue weighted by atomic mass is 10.1. The lowest BCUT2D eigenvalue weighted by molar-refractivity contribution is -0.108. The summed E-state index contributed by atoms with van der Waals surface area (Å²) in [5.74, 6) is -1.30. The van der Waals surface area contributed by atoms with Crippen molar-refractivity contribution >= 4 is 11.6 Å². The monoisotopic (exact) mass is 256 g/mol. The summed E-state index contributed by atoms with van der Waals surface area (Å²) in [6, 6.07) is 6.44. The molecule has 1 aliphatic rings. The predicted molar refractivity (Wildman–Crippen MR) is 62.3 cm³/mol. The quantitative estimate of drug-likeness (QED) is 0.845. The molecule has 0 atom stereocenters. The summed E-state index contributed by atoms with van der Waals surface area (Å²) >= 11 is 0. The maximum atomic E-state index is 12.3. The van der Waals surface area contributed by atoms with E-state index in [9.17, 15) is 13.8 Å². The largest absolute Gasteiger partial charge is 0.381 e. The van der Waals surface area contributed by atoms with Gasteiger partial charge in [0.25, 0.3) is 0 Å². The molecule has 0 aromatic heterocycles. The Morgan fingerprint density at radius 1 is 1.28 bits per heavy atom. The molecule has 98 valence electrons. The molecule has 1 saturated heterocycles. The third kappa shape index (κ3) is 2.95. The second-order valence-corrected chi connectivity index (χ2v) is 4.11. The number of carbonyl (C=O) groups excluding carboxylic acids is 1. The van der Waals surface area contributed by atoms with Crippen molar-refractivity contribution in [3.8, 4) is 0 Å². The SMILES string of the molecule is O=C(c1ccccc1NC1CCOCC1)N(F)F. The molecule has 0 bridgehead atoms. The van der Waals surface area contributed by atoms with E-state index in [4.69, 9.17) is 4.74 Å². The van der Waals surface area contributed by atoms with E-state index in [1.807, 2.05) is 0 Å². The molecule has 1 aliphatic heterocycles. The van der Waals surface area contributed by atoms with Gasteiger partial charge >= 0.3 is 5.91 Å². The summed E-state index contributed by atoms with van der Waals surface area (Å²) in [7, 11) is 0. The van der Waals surface area contributed by atoms with Crippen LogP contribution in [0.1, 0.15) is 23.2 Å². The number of hydrogen-bond acceptors (Lipinski definition) is 3. The summed E-state index contributed by atoms with van der Waals surface area (Å²) in [5.41, 5.74) is 0.420. The Morgan fingerprint density at radius 2 is 1.94 bits per heavy atom. The van der Waals surface area contributed by atoms with Gasteiger partial charge in [-0.05, 0) is 25.0 Å². The molecule has 1 aromatic rings. The van der Waals surface area contributed by atoms with E-state index in [-0.39, 0.29) is 11.6 Å². The van der Waals surface area contributed by atoms with Gasteiger partial charge in [0.05, 0.1) is 5.56 Å². The van der Waals surface area contributed by atoms with Gasteiger partial charge < -0.3 is 10.1 Å². The normalized spacial score (nSPS) is 16.3. The van der Waals surface area contributed by atoms with Gasteiger partial charge in [0.1, 0.15) is 0 Å². The van der Waals surface area contributed by atoms with E-state index in [2.05, 4.69) is 5.32 Å². The maximum Gasteiger partial charge on any atom is 0.316 e. The van der Waals surface area contributed by atoms with Gasteiger partial charge in [-0.2, -0.15) is 0 Å². The number of para-hydroxylation sites is 1. The van der Waals surface area contributed by atoms with Crippen LogP contribution >= 0.6 is 0 Å². The molecule has 0 unspecified atom stereocenters. The van der Waals surface area contributed by atoms with E-state index in [1.54, 1.807) is 18.2 Å². The summed E-state index contributed by atoms with van der Waals surface area (Å²) < 4.78 is 29.8. The highest BCUT2D eigenvalue weighted by Crippen LogP contribution is 2.21. The Bertz CT molecular complexity index is 420. The molecular weight excluding hydrogens is 242 g/mol. The Kier molecular flexibility index (Phi) is 4.09. The van der Waals surface area contributed by atoms with Gasteiger partial charge in [0.2, 0.25) is 0 Å². The number of hydrogen-bond donors (Lipinski definition) is 1. The molecule has 0 spiro atoms. The van der Waals surface area contributed by atoms with Crippen LogP contribution < -0.4 is 5.32 Å². The molecule has 1 N–H and O–H groups in total. The number of benzene rings is 1. The van der Waals surface area contributed by atoms with Gasteiger partial charge in [-0.15, -0.1) is 0 Å². The highest BCUT2D eigenvalue weighted by molar-refractivity contribution is 5.98. The third-order valence-corrected chi connectivity index (χ3v) is 2.89. The number of carbonyl (C=O) groups is 1. The fraction of sp³-hybridized carbons (Fsp3) is 0.417. The van der Waals surface area contributed by atoms with Crippen LogP contribution in [0.2, 0.25) is 0 Å². The first-order valence-corrected chi connectivity index (χ1v) is 5.78. The minimum absolute atomic E-state index is 0.0195. The van der Waals surface area contributed by atoms with Gasteiger partial charge in [-0.25, -0.2) is 0 Å². The molecule has 1 heterocycles. The number of nitrogens with one attached hydrogen (secondary N) is 1. The lowest BCUT2D eigenvalue weighted by Crippen LogP contribution is -2.29. The lowest BCUT2D eigenvalue weighted by Gasteiger charge is -2.25. The first kappa shape index (κ1) is 12.8. The van der Waals surface area contributed by atoms with Crippen LogP contribution in [0, 0.1) is 0 Å². The Labute approximate surface area is 103 Å². The number of anilines is 1. The van der Waals surface area contributed by atoms with Crippen LogP contribution in [-0.4, -0.2) is 30.5 Å². The van der Waals surface area contributed by atoms with Crippen LogP contribution in [-0.2, 0) is 4.74 Å². The molecular formula is C12H14F2N2O2. The summed E-state index contributed by atoms with van der Waals surface area (Å²) in [4.78, 5) is 11.3. The molecule has 2 rings (SSSR count). The minimum Gasteiger partial charge on any atom is -0.381 e. The molecule has 1 fully saturated rings. The molecule has 18 heavy (non-hydrogen) atoms. The van der Waals surface area contributed by atoms with Crippen LogP contribution in [0.3, 0.4) is 0 Å². The topological polar surface area (TPSA) is 41.6 Å². The predicted octanol–water partition coefficient (Wildman–Crippen LogP) is 2.49. The fourth-order valence-corrected chi connectivity index (χ4v) is 1.95. The second-order valence-electron chi connectivity index (χ2n) is 4.11. The maximum absolute atomic E-state index is 12.3. The number of rotatable bonds is 3. The molecule has 6 heteroatoms. The summed E-state index contributed by atoms with van der Waals surface area (Å²) in [5, 5.41) is 1.73. The number of amides is 1. The Hall–Kier alpha value is -1.69. The van der Waals surface area contributed by atoms with Crippen molar-refractivity contribution in [2.45, 2.75) is 18.9 Å². The minimum atomic E-state index is -1.40. The number of nitrogens with zero attached hydrogens (tertiary/aromatic N) is 1. The number of halogens is 2. The number of ether oxygens (including phenoxy) is 1.